The maximum atomic E-state index is 5.88. The zero-order chi connectivity index (χ0) is 9.68. The smallest absolute Gasteiger partial charge is 0.0217 e. The van der Waals surface area contributed by atoms with E-state index in [1.165, 1.54) is 12.0 Å². The zero-order valence-electron chi connectivity index (χ0n) is 8.66. The van der Waals surface area contributed by atoms with Crippen LogP contribution >= 0.6 is 0 Å². The first-order valence-corrected chi connectivity index (χ1v) is 5.16. The number of rotatable bonds is 5. The summed E-state index contributed by atoms with van der Waals surface area (Å²) in [7, 11) is 0. The first-order chi connectivity index (χ1) is 6.26. The van der Waals surface area contributed by atoms with Gasteiger partial charge in [0.05, 0.1) is 0 Å². The molecule has 1 aromatic heterocycles. The van der Waals surface area contributed by atoms with Crippen LogP contribution in [0.1, 0.15) is 32.3 Å². The molecule has 2 heteroatoms. The molecule has 0 aliphatic carbocycles. The van der Waals surface area contributed by atoms with Crippen LogP contribution in [0, 0.1) is 0 Å². The highest BCUT2D eigenvalue weighted by molar-refractivity contribution is 5.11. The van der Waals surface area contributed by atoms with Gasteiger partial charge in [-0.05, 0) is 30.9 Å². The number of hydrogen-bond donors (Lipinski definition) is 1. The second-order valence-electron chi connectivity index (χ2n) is 3.63. The third-order valence-corrected chi connectivity index (χ3v) is 2.32. The van der Waals surface area contributed by atoms with Crippen molar-refractivity contribution in [1.82, 2.24) is 4.57 Å². The van der Waals surface area contributed by atoms with E-state index in [1.54, 1.807) is 0 Å². The summed E-state index contributed by atoms with van der Waals surface area (Å²) in [5.74, 6) is 0. The molecule has 0 amide bonds. The van der Waals surface area contributed by atoms with Gasteiger partial charge in [0.25, 0.3) is 0 Å². The van der Waals surface area contributed by atoms with Crippen molar-refractivity contribution >= 4 is 0 Å². The predicted octanol–water partition coefficient (Wildman–Crippen LogP) is 2.18. The van der Waals surface area contributed by atoms with E-state index in [1.807, 2.05) is 0 Å². The Kier molecular flexibility index (Phi) is 4.03. The normalized spacial score (nSPS) is 13.2. The number of nitrogens with two attached hydrogens (primary N) is 1. The average Bonchev–Trinajstić information content (AvgIpc) is 2.53. The Morgan fingerprint density at radius 3 is 2.85 bits per heavy atom. The number of hydrogen-bond acceptors (Lipinski definition) is 1. The molecule has 0 aliphatic rings. The topological polar surface area (TPSA) is 30.9 Å². The Morgan fingerprint density at radius 2 is 2.23 bits per heavy atom. The third kappa shape index (κ3) is 3.23. The summed E-state index contributed by atoms with van der Waals surface area (Å²) in [5.41, 5.74) is 7.24. The zero-order valence-corrected chi connectivity index (χ0v) is 8.66. The molecule has 1 rings (SSSR count). The first-order valence-electron chi connectivity index (χ1n) is 5.16. The molecule has 0 fully saturated rings. The van der Waals surface area contributed by atoms with Crippen molar-refractivity contribution in [2.75, 3.05) is 0 Å². The maximum Gasteiger partial charge on any atom is 0.0217 e. The third-order valence-electron chi connectivity index (χ3n) is 2.32. The molecule has 0 spiro atoms. The monoisotopic (exact) mass is 180 g/mol. The van der Waals surface area contributed by atoms with E-state index in [0.717, 1.165) is 19.4 Å². The van der Waals surface area contributed by atoms with Crippen LogP contribution in [0.5, 0.6) is 0 Å². The molecule has 2 N–H and O–H groups in total. The van der Waals surface area contributed by atoms with Crippen molar-refractivity contribution in [2.45, 2.75) is 45.7 Å². The van der Waals surface area contributed by atoms with Crippen LogP contribution in [0.3, 0.4) is 0 Å². The van der Waals surface area contributed by atoms with Crippen molar-refractivity contribution < 1.29 is 0 Å². The predicted molar refractivity (Wildman–Crippen MR) is 56.7 cm³/mol. The molecule has 0 saturated heterocycles. The van der Waals surface area contributed by atoms with Gasteiger partial charge >= 0.3 is 0 Å². The van der Waals surface area contributed by atoms with Gasteiger partial charge in [0.2, 0.25) is 0 Å². The van der Waals surface area contributed by atoms with Gasteiger partial charge in [-0.1, -0.05) is 13.8 Å². The van der Waals surface area contributed by atoms with E-state index < -0.39 is 0 Å². The first kappa shape index (κ1) is 10.3. The highest BCUT2D eigenvalue weighted by Crippen LogP contribution is 2.06. The van der Waals surface area contributed by atoms with Crippen LogP contribution in [-0.4, -0.2) is 10.6 Å². The van der Waals surface area contributed by atoms with Gasteiger partial charge in [0, 0.05) is 25.0 Å². The van der Waals surface area contributed by atoms with Crippen LogP contribution in [0.15, 0.2) is 18.5 Å². The van der Waals surface area contributed by atoms with Gasteiger partial charge in [0.1, 0.15) is 0 Å². The van der Waals surface area contributed by atoms with Gasteiger partial charge in [-0.15, -0.1) is 0 Å². The SMILES string of the molecule is CCCn1ccc(CC(N)CC)c1. The Bertz CT molecular complexity index is 240. The van der Waals surface area contributed by atoms with Crippen LogP contribution in [0.2, 0.25) is 0 Å². The molecule has 1 aromatic rings. The molecular formula is C11H20N2. The van der Waals surface area contributed by atoms with Gasteiger partial charge < -0.3 is 10.3 Å². The van der Waals surface area contributed by atoms with Crippen molar-refractivity contribution in [3.8, 4) is 0 Å². The molecule has 1 heterocycles. The Labute approximate surface area is 80.7 Å². The van der Waals surface area contributed by atoms with Crippen LogP contribution < -0.4 is 5.73 Å². The van der Waals surface area contributed by atoms with Gasteiger partial charge in [-0.3, -0.25) is 0 Å². The average molecular weight is 180 g/mol. The standard InChI is InChI=1S/C11H20N2/c1-3-6-13-7-5-10(9-13)8-11(12)4-2/h5,7,9,11H,3-4,6,8,12H2,1-2H3. The fourth-order valence-electron chi connectivity index (χ4n) is 1.46. The fraction of sp³-hybridized carbons (Fsp3) is 0.636. The van der Waals surface area contributed by atoms with Crippen LogP contribution in [0.25, 0.3) is 0 Å². The van der Waals surface area contributed by atoms with Gasteiger partial charge in [0.15, 0.2) is 0 Å². The van der Waals surface area contributed by atoms with Crippen molar-refractivity contribution in [1.29, 1.82) is 0 Å². The molecule has 13 heavy (non-hydrogen) atoms. The minimum Gasteiger partial charge on any atom is -0.354 e. The molecule has 74 valence electrons. The van der Waals surface area contributed by atoms with Gasteiger partial charge in [-0.25, -0.2) is 0 Å². The lowest BCUT2D eigenvalue weighted by molar-refractivity contribution is 0.640. The molecule has 1 atom stereocenters. The molecule has 0 saturated carbocycles. The summed E-state index contributed by atoms with van der Waals surface area (Å²) in [4.78, 5) is 0. The van der Waals surface area contributed by atoms with Crippen LogP contribution in [0.4, 0.5) is 0 Å². The van der Waals surface area contributed by atoms with Crippen molar-refractivity contribution in [3.05, 3.63) is 24.0 Å². The summed E-state index contributed by atoms with van der Waals surface area (Å²) in [6.45, 7) is 5.44. The Morgan fingerprint density at radius 1 is 1.46 bits per heavy atom. The molecule has 0 radical (unpaired) electrons. The quantitative estimate of drug-likeness (QED) is 0.739. The molecule has 0 bridgehead atoms. The van der Waals surface area contributed by atoms with E-state index in [4.69, 9.17) is 5.73 Å². The second kappa shape index (κ2) is 5.07. The highest BCUT2D eigenvalue weighted by atomic mass is 14.9. The summed E-state index contributed by atoms with van der Waals surface area (Å²) in [5, 5.41) is 0. The van der Waals surface area contributed by atoms with Crippen molar-refractivity contribution in [3.63, 3.8) is 0 Å². The van der Waals surface area contributed by atoms with Crippen LogP contribution in [-0.2, 0) is 13.0 Å². The number of nitrogens with zero attached hydrogens (tertiary/aromatic N) is 1. The second-order valence-corrected chi connectivity index (χ2v) is 3.63. The molecule has 1 unspecified atom stereocenters. The fourth-order valence-corrected chi connectivity index (χ4v) is 1.46. The Hall–Kier alpha value is -0.760. The van der Waals surface area contributed by atoms with Crippen molar-refractivity contribution in [2.24, 2.45) is 5.73 Å². The minimum absolute atomic E-state index is 0.317. The lowest BCUT2D eigenvalue weighted by Crippen LogP contribution is -2.21. The summed E-state index contributed by atoms with van der Waals surface area (Å²) >= 11 is 0. The van der Waals surface area contributed by atoms with Gasteiger partial charge in [-0.2, -0.15) is 0 Å². The largest absolute Gasteiger partial charge is 0.354 e. The minimum atomic E-state index is 0.317. The lowest BCUT2D eigenvalue weighted by Gasteiger charge is -2.05. The lowest BCUT2D eigenvalue weighted by atomic mass is 10.1. The Balaban J connectivity index is 2.48. The van der Waals surface area contributed by atoms with E-state index in [2.05, 4.69) is 36.9 Å². The number of aromatic nitrogens is 1. The molecule has 0 aliphatic heterocycles. The summed E-state index contributed by atoms with van der Waals surface area (Å²) in [6, 6.07) is 2.49. The van der Waals surface area contributed by atoms with E-state index >= 15 is 0 Å². The summed E-state index contributed by atoms with van der Waals surface area (Å²) in [6.07, 6.45) is 7.60. The van der Waals surface area contributed by atoms with E-state index in [0.29, 0.717) is 6.04 Å². The number of aryl methyl sites for hydroxylation is 1. The van der Waals surface area contributed by atoms with E-state index in [-0.39, 0.29) is 0 Å². The molecule has 2 nitrogen and oxygen atoms in total. The van der Waals surface area contributed by atoms with E-state index in [9.17, 15) is 0 Å². The summed E-state index contributed by atoms with van der Waals surface area (Å²) < 4.78 is 2.23. The maximum absolute atomic E-state index is 5.88. The molecule has 0 aromatic carbocycles. The molecular weight excluding hydrogens is 160 g/mol. The highest BCUT2D eigenvalue weighted by Gasteiger charge is 2.02.